The first-order chi connectivity index (χ1) is 6.36. The first-order valence-electron chi connectivity index (χ1n) is 3.48. The van der Waals surface area contributed by atoms with Gasteiger partial charge in [-0.3, -0.25) is 4.98 Å². The molecule has 16 heavy (non-hydrogen) atoms. The number of pyridine rings is 1. The molecular weight excluding hydrogens is 496 g/mol. The molecule has 0 atom stereocenters. The van der Waals surface area contributed by atoms with Crippen molar-refractivity contribution in [3.8, 4) is 0 Å². The number of rotatable bonds is 0. The van der Waals surface area contributed by atoms with Gasteiger partial charge in [-0.2, -0.15) is 0 Å². The number of fused-ring (bicyclic) bond motifs is 1. The van der Waals surface area contributed by atoms with Crippen molar-refractivity contribution in [1.82, 2.24) is 4.98 Å². The van der Waals surface area contributed by atoms with Crippen molar-refractivity contribution in [2.24, 2.45) is 0 Å². The van der Waals surface area contributed by atoms with E-state index in [-0.39, 0.29) is 24.7 Å². The van der Waals surface area contributed by atoms with Crippen LogP contribution in [0.5, 0.6) is 0 Å². The Morgan fingerprint density at radius 3 is 2.38 bits per heavy atom. The fraction of sp³-hybridized carbons (Fsp3) is 0. The van der Waals surface area contributed by atoms with Gasteiger partial charge in [-0.1, -0.05) is 22.0 Å². The summed E-state index contributed by atoms with van der Waals surface area (Å²) in [6, 6.07) is 10.0. The molecule has 1 heterocycles. The Morgan fingerprint density at radius 2 is 1.75 bits per heavy atom. The summed E-state index contributed by atoms with van der Waals surface area (Å²) in [5, 5.41) is 1.17. The molecule has 4 N–H and O–H groups in total. The second kappa shape index (κ2) is 11.8. The predicted octanol–water partition coefficient (Wildman–Crippen LogP) is 2.12. The number of hydrogen-bond acceptors (Lipinski definition) is 1. The molecule has 0 unspecified atom stereocenters. The molecular formula is C9H10BrCl2N3Pt-3. The van der Waals surface area contributed by atoms with E-state index in [4.69, 9.17) is 0 Å². The zero-order chi connectivity index (χ0) is 9.68. The zero-order valence-electron chi connectivity index (χ0n) is 8.02. The van der Waals surface area contributed by atoms with E-state index in [9.17, 15) is 0 Å². The minimum absolute atomic E-state index is 0. The molecule has 1 aromatic heterocycles. The summed E-state index contributed by atoms with van der Waals surface area (Å²) in [5.74, 6) is 0. The van der Waals surface area contributed by atoms with Crippen molar-refractivity contribution in [3.05, 3.63) is 53.3 Å². The van der Waals surface area contributed by atoms with Gasteiger partial charge in [0.25, 0.3) is 0 Å². The predicted molar refractivity (Wildman–Crippen MR) is 65.9 cm³/mol. The maximum Gasteiger partial charge on any atom is -0.693 e. The summed E-state index contributed by atoms with van der Waals surface area (Å²) in [5.41, 5.74) is 1.04. The Balaban J connectivity index is -0.000000321. The standard InChI is InChI=1S/C9H6BrN.2ClH.2H2N.Pt/c10-8-3-4-9-7(6-8)2-1-5-11-9;;;;;/h1-6H;2*1H;2*1H2;/q;;;2*-1;+1/p-2. The number of nitrogens with zero attached hydrogens (tertiary/aromatic N) is 1. The maximum atomic E-state index is 4.61. The number of halogens is 3. The van der Waals surface area contributed by atoms with E-state index in [0.717, 1.165) is 9.99 Å². The van der Waals surface area contributed by atoms with Crippen LogP contribution in [0.2, 0.25) is 0 Å². The van der Waals surface area contributed by atoms with E-state index in [2.05, 4.69) is 36.4 Å². The second-order valence-electron chi connectivity index (χ2n) is 2.34. The monoisotopic (exact) mass is 504 g/mol. The van der Waals surface area contributed by atoms with Crippen LogP contribution < -0.4 is 12.4 Å². The van der Waals surface area contributed by atoms with Crippen molar-refractivity contribution in [2.75, 3.05) is 0 Å². The average molecular weight is 506 g/mol. The van der Waals surface area contributed by atoms with E-state index in [1.807, 2.05) is 24.3 Å². The number of aromatic nitrogens is 1. The minimum atomic E-state index is 0. The van der Waals surface area contributed by atoms with Gasteiger partial charge in [0, 0.05) is 16.1 Å². The maximum absolute atomic E-state index is 4.61. The van der Waals surface area contributed by atoms with Crippen LogP contribution in [0.1, 0.15) is 0 Å². The number of nitrogens with two attached hydrogens (primary N) is 2. The van der Waals surface area contributed by atoms with Gasteiger partial charge >= 0.3 is 28.2 Å². The molecule has 95 valence electrons. The third kappa shape index (κ3) is 6.14. The quantitative estimate of drug-likeness (QED) is 0.540. The van der Waals surface area contributed by atoms with Gasteiger partial charge in [0.05, 0.1) is 5.52 Å². The SMILES string of the molecule is Brc1ccc2ncccc2c1.[Cl-].[Cl][Pt].[NH2-].[NH2-]. The summed E-state index contributed by atoms with van der Waals surface area (Å²) in [7, 11) is 4.61. The molecule has 0 saturated carbocycles. The largest absolute Gasteiger partial charge is 0.693 e. The summed E-state index contributed by atoms with van der Waals surface area (Å²) in [6.45, 7) is 0. The third-order valence-electron chi connectivity index (χ3n) is 1.57. The van der Waals surface area contributed by atoms with Crippen LogP contribution >= 0.6 is 25.3 Å². The van der Waals surface area contributed by atoms with E-state index >= 15 is 0 Å². The molecule has 3 nitrogen and oxygen atoms in total. The summed E-state index contributed by atoms with van der Waals surface area (Å²) >= 11 is 5.02. The van der Waals surface area contributed by atoms with Crippen LogP contribution in [0, 0.1) is 0 Å². The molecule has 0 saturated heterocycles. The van der Waals surface area contributed by atoms with Gasteiger partial charge < -0.3 is 24.7 Å². The summed E-state index contributed by atoms with van der Waals surface area (Å²) in [4.78, 5) is 4.20. The molecule has 2 rings (SSSR count). The van der Waals surface area contributed by atoms with E-state index < -0.39 is 0 Å². The normalized spacial score (nSPS) is 7.50. The van der Waals surface area contributed by atoms with Gasteiger partial charge in [0.1, 0.15) is 0 Å². The van der Waals surface area contributed by atoms with Crippen molar-refractivity contribution < 1.29 is 31.2 Å². The van der Waals surface area contributed by atoms with E-state index in [0.29, 0.717) is 0 Å². The van der Waals surface area contributed by atoms with Crippen LogP contribution in [0.15, 0.2) is 41.0 Å². The Morgan fingerprint density at radius 1 is 1.12 bits per heavy atom. The van der Waals surface area contributed by atoms with Crippen LogP contribution in [0.25, 0.3) is 23.2 Å². The fourth-order valence-corrected chi connectivity index (χ4v) is 1.43. The Bertz CT molecular complexity index is 403. The van der Waals surface area contributed by atoms with Crippen LogP contribution in [0.4, 0.5) is 0 Å². The third-order valence-corrected chi connectivity index (χ3v) is 2.06. The van der Waals surface area contributed by atoms with Crippen molar-refractivity contribution >= 4 is 36.3 Å². The molecule has 0 bridgehead atoms. The van der Waals surface area contributed by atoms with Gasteiger partial charge in [-0.05, 0) is 24.3 Å². The molecule has 0 radical (unpaired) electrons. The fourth-order valence-electron chi connectivity index (χ4n) is 1.05. The summed E-state index contributed by atoms with van der Waals surface area (Å²) in [6.07, 6.45) is 1.80. The Hall–Kier alpha value is 0.298. The van der Waals surface area contributed by atoms with E-state index in [1.165, 1.54) is 5.39 Å². The van der Waals surface area contributed by atoms with Gasteiger partial charge in [-0.15, -0.1) is 0 Å². The smallest absolute Gasteiger partial charge is 0.693 e. The van der Waals surface area contributed by atoms with Crippen molar-refractivity contribution in [3.63, 3.8) is 0 Å². The number of benzene rings is 1. The van der Waals surface area contributed by atoms with Gasteiger partial charge in [0.15, 0.2) is 0 Å². The van der Waals surface area contributed by atoms with Crippen molar-refractivity contribution in [2.45, 2.75) is 0 Å². The van der Waals surface area contributed by atoms with Crippen molar-refractivity contribution in [1.29, 1.82) is 0 Å². The summed E-state index contributed by atoms with van der Waals surface area (Å²) < 4.78 is 1.10. The molecule has 0 amide bonds. The average Bonchev–Trinajstić information content (AvgIpc) is 2.21. The molecule has 2 aromatic rings. The molecule has 1 aromatic carbocycles. The van der Waals surface area contributed by atoms with Crippen LogP contribution in [-0.4, -0.2) is 4.98 Å². The molecule has 7 heteroatoms. The first-order valence-corrected chi connectivity index (χ1v) is 7.09. The van der Waals surface area contributed by atoms with Crippen LogP contribution in [-0.2, 0) is 18.8 Å². The van der Waals surface area contributed by atoms with Crippen LogP contribution in [0.3, 0.4) is 0 Å². The molecule has 0 aliphatic rings. The Labute approximate surface area is 125 Å². The Kier molecular flexibility index (Phi) is 15.9. The zero-order valence-corrected chi connectivity index (χ0v) is 13.4. The number of hydrogen-bond donors (Lipinski definition) is 0. The van der Waals surface area contributed by atoms with E-state index in [1.54, 1.807) is 25.0 Å². The molecule has 0 aliphatic heterocycles. The first kappa shape index (κ1) is 21.6. The second-order valence-corrected chi connectivity index (χ2v) is 3.26. The molecule has 0 fully saturated rings. The topological polar surface area (TPSA) is 79.9 Å². The van der Waals surface area contributed by atoms with Gasteiger partial charge in [-0.25, -0.2) is 0 Å². The van der Waals surface area contributed by atoms with Gasteiger partial charge in [0.2, 0.25) is 0 Å². The molecule has 0 aliphatic carbocycles. The minimum Gasteiger partial charge on any atom is -0.693 e. The molecule has 0 spiro atoms.